The van der Waals surface area contributed by atoms with Crippen LogP contribution in [-0.4, -0.2) is 39.4 Å². The van der Waals surface area contributed by atoms with Crippen molar-refractivity contribution in [2.75, 3.05) is 13.1 Å². The molecule has 0 spiro atoms. The van der Waals surface area contributed by atoms with E-state index in [0.717, 1.165) is 32.2 Å². The molecular weight excluding hydrogens is 354 g/mol. The van der Waals surface area contributed by atoms with Gasteiger partial charge in [0.05, 0.1) is 30.1 Å². The Balaban J connectivity index is 1.72. The van der Waals surface area contributed by atoms with E-state index in [4.69, 9.17) is 0 Å². The second-order valence-corrected chi connectivity index (χ2v) is 7.54. The van der Waals surface area contributed by atoms with Crippen LogP contribution in [0.3, 0.4) is 0 Å². The van der Waals surface area contributed by atoms with Crippen molar-refractivity contribution in [2.45, 2.75) is 57.5 Å². The zero-order valence-electron chi connectivity index (χ0n) is 16.3. The summed E-state index contributed by atoms with van der Waals surface area (Å²) in [5.41, 5.74) is -0.242. The van der Waals surface area contributed by atoms with Crippen LogP contribution in [0.25, 0.3) is 10.9 Å². The average molecular weight is 381 g/mol. The number of unbranched alkanes of at least 4 members (excludes halogenated alkanes) is 1. The van der Waals surface area contributed by atoms with E-state index in [9.17, 15) is 14.9 Å². The van der Waals surface area contributed by atoms with Crippen molar-refractivity contribution < 1.29 is 4.79 Å². The van der Waals surface area contributed by atoms with Gasteiger partial charge in [-0.1, -0.05) is 25.5 Å². The highest BCUT2D eigenvalue weighted by Crippen LogP contribution is 2.28. The number of aromatic nitrogens is 2. The quantitative estimate of drug-likeness (QED) is 0.731. The zero-order valence-corrected chi connectivity index (χ0v) is 16.3. The summed E-state index contributed by atoms with van der Waals surface area (Å²) < 4.78 is 0. The van der Waals surface area contributed by atoms with Crippen LogP contribution in [0.15, 0.2) is 29.1 Å². The van der Waals surface area contributed by atoms with Gasteiger partial charge in [0.15, 0.2) is 0 Å². The number of para-hydroxylation sites is 1. The van der Waals surface area contributed by atoms with E-state index >= 15 is 0 Å². The molecule has 148 valence electrons. The van der Waals surface area contributed by atoms with Gasteiger partial charge in [-0.05, 0) is 50.8 Å². The van der Waals surface area contributed by atoms with Crippen molar-refractivity contribution in [3.05, 3.63) is 40.4 Å². The second kappa shape index (κ2) is 8.98. The van der Waals surface area contributed by atoms with Crippen molar-refractivity contribution in [1.29, 1.82) is 5.26 Å². The van der Waals surface area contributed by atoms with E-state index in [2.05, 4.69) is 28.3 Å². The number of nitriles is 1. The Labute approximate surface area is 164 Å². The number of H-pyrrole nitrogens is 1. The Bertz CT molecular complexity index is 924. The van der Waals surface area contributed by atoms with Gasteiger partial charge < -0.3 is 10.3 Å². The third-order valence-electron chi connectivity index (χ3n) is 5.28. The van der Waals surface area contributed by atoms with Gasteiger partial charge in [0, 0.05) is 0 Å². The maximum absolute atomic E-state index is 12.6. The third kappa shape index (κ3) is 4.76. The van der Waals surface area contributed by atoms with Crippen molar-refractivity contribution in [3.8, 4) is 6.07 Å². The number of carbonyl (C=O) groups is 1. The molecule has 2 N–H and O–H groups in total. The number of nitrogens with zero attached hydrogens (tertiary/aromatic N) is 3. The van der Waals surface area contributed by atoms with E-state index in [1.807, 2.05) is 23.1 Å². The molecule has 0 radical (unpaired) electrons. The Hall–Kier alpha value is -2.72. The summed E-state index contributed by atoms with van der Waals surface area (Å²) in [6.45, 7) is 3.38. The molecular formula is C21H27N5O2. The largest absolute Gasteiger partial charge is 0.337 e. The number of fused-ring (bicyclic) bond motifs is 1. The molecule has 1 fully saturated rings. The first-order valence-corrected chi connectivity index (χ1v) is 9.98. The van der Waals surface area contributed by atoms with Crippen LogP contribution in [0.5, 0.6) is 0 Å². The van der Waals surface area contributed by atoms with Crippen LogP contribution in [0.4, 0.5) is 0 Å². The third-order valence-corrected chi connectivity index (χ3v) is 5.28. The maximum Gasteiger partial charge on any atom is 0.258 e. The fraction of sp³-hybridized carbons (Fsp3) is 0.524. The van der Waals surface area contributed by atoms with Gasteiger partial charge in [-0.3, -0.25) is 14.5 Å². The van der Waals surface area contributed by atoms with Gasteiger partial charge in [-0.15, -0.1) is 0 Å². The lowest BCUT2D eigenvalue weighted by Crippen LogP contribution is -2.49. The summed E-state index contributed by atoms with van der Waals surface area (Å²) in [5.74, 6) is 0.395. The molecule has 0 aliphatic heterocycles. The molecule has 28 heavy (non-hydrogen) atoms. The highest BCUT2D eigenvalue weighted by Gasteiger charge is 2.35. The van der Waals surface area contributed by atoms with Crippen LogP contribution in [0.1, 0.15) is 51.3 Å². The first-order chi connectivity index (χ1) is 13.5. The zero-order chi connectivity index (χ0) is 20.0. The van der Waals surface area contributed by atoms with Crippen LogP contribution >= 0.6 is 0 Å². The Kier molecular flexibility index (Phi) is 6.42. The van der Waals surface area contributed by atoms with Crippen LogP contribution in [0, 0.1) is 11.3 Å². The number of nitrogens with one attached hydrogen (secondary N) is 2. The van der Waals surface area contributed by atoms with E-state index in [0.29, 0.717) is 36.1 Å². The molecule has 1 aliphatic carbocycles. The van der Waals surface area contributed by atoms with Gasteiger partial charge in [-0.2, -0.15) is 5.26 Å². The van der Waals surface area contributed by atoms with Gasteiger partial charge in [0.2, 0.25) is 5.91 Å². The summed E-state index contributed by atoms with van der Waals surface area (Å²) in [6, 6.07) is 9.51. The second-order valence-electron chi connectivity index (χ2n) is 7.54. The molecule has 1 heterocycles. The predicted octanol–water partition coefficient (Wildman–Crippen LogP) is 2.48. The average Bonchev–Trinajstić information content (AvgIpc) is 3.15. The van der Waals surface area contributed by atoms with Crippen LogP contribution < -0.4 is 10.9 Å². The number of carbonyl (C=O) groups excluding carboxylic acids is 1. The number of hydrogen-bond acceptors (Lipinski definition) is 5. The summed E-state index contributed by atoms with van der Waals surface area (Å²) in [5, 5.41) is 13.0. The van der Waals surface area contributed by atoms with Crippen molar-refractivity contribution in [1.82, 2.24) is 20.2 Å². The Morgan fingerprint density at radius 3 is 2.82 bits per heavy atom. The lowest BCUT2D eigenvalue weighted by Gasteiger charge is -2.26. The van der Waals surface area contributed by atoms with Crippen LogP contribution in [0.2, 0.25) is 0 Å². The van der Waals surface area contributed by atoms with Gasteiger partial charge in [-0.25, -0.2) is 4.98 Å². The Morgan fingerprint density at radius 2 is 2.11 bits per heavy atom. The molecule has 0 unspecified atom stereocenters. The molecule has 1 amide bonds. The fourth-order valence-electron chi connectivity index (χ4n) is 3.77. The number of hydrogen-bond donors (Lipinski definition) is 2. The molecule has 3 rings (SSSR count). The highest BCUT2D eigenvalue weighted by atomic mass is 16.2. The topological polar surface area (TPSA) is 102 Å². The number of benzene rings is 1. The lowest BCUT2D eigenvalue weighted by molar-refractivity contribution is -0.123. The summed E-state index contributed by atoms with van der Waals surface area (Å²) in [4.78, 5) is 34.3. The molecule has 1 aliphatic rings. The van der Waals surface area contributed by atoms with E-state index in [-0.39, 0.29) is 18.0 Å². The van der Waals surface area contributed by atoms with E-state index < -0.39 is 5.54 Å². The smallest absolute Gasteiger partial charge is 0.258 e. The minimum atomic E-state index is -0.719. The maximum atomic E-state index is 12.6. The summed E-state index contributed by atoms with van der Waals surface area (Å²) >= 11 is 0. The number of aromatic amines is 1. The van der Waals surface area contributed by atoms with Gasteiger partial charge in [0.1, 0.15) is 11.4 Å². The molecule has 0 saturated heterocycles. The van der Waals surface area contributed by atoms with E-state index in [1.54, 1.807) is 6.07 Å². The number of amides is 1. The summed E-state index contributed by atoms with van der Waals surface area (Å²) in [6.07, 6.45) is 5.30. The first-order valence-electron chi connectivity index (χ1n) is 9.98. The number of rotatable bonds is 8. The van der Waals surface area contributed by atoms with Crippen molar-refractivity contribution in [2.24, 2.45) is 0 Å². The van der Waals surface area contributed by atoms with Crippen molar-refractivity contribution in [3.63, 3.8) is 0 Å². The first kappa shape index (κ1) is 20.0. The minimum absolute atomic E-state index is 0.150. The molecule has 1 saturated carbocycles. The van der Waals surface area contributed by atoms with Crippen molar-refractivity contribution >= 4 is 16.8 Å². The van der Waals surface area contributed by atoms with Gasteiger partial charge in [0.25, 0.3) is 5.56 Å². The lowest BCUT2D eigenvalue weighted by atomic mass is 10.00. The molecule has 1 aromatic carbocycles. The molecule has 7 heteroatoms. The SMILES string of the molecule is CCCCN(CC(=O)NC1(C#N)CCCC1)Cc1nc2ccccc2c(=O)[nH]1. The standard InChI is InChI=1S/C21H27N5O2/c1-2-3-12-26(14-19(27)25-21(15-22)10-6-7-11-21)13-18-23-17-9-5-4-8-16(17)20(28)24-18/h4-5,8-9H,2-3,6-7,10-14H2,1H3,(H,25,27)(H,23,24,28). The normalized spacial score (nSPS) is 15.6. The van der Waals surface area contributed by atoms with Crippen LogP contribution in [-0.2, 0) is 11.3 Å². The molecule has 7 nitrogen and oxygen atoms in total. The van der Waals surface area contributed by atoms with Gasteiger partial charge >= 0.3 is 0 Å². The molecule has 0 atom stereocenters. The molecule has 2 aromatic rings. The highest BCUT2D eigenvalue weighted by molar-refractivity contribution is 5.79. The molecule has 0 bridgehead atoms. The predicted molar refractivity (Wildman–Crippen MR) is 108 cm³/mol. The van der Waals surface area contributed by atoms with E-state index in [1.165, 1.54) is 0 Å². The monoisotopic (exact) mass is 381 g/mol. The summed E-state index contributed by atoms with van der Waals surface area (Å²) in [7, 11) is 0. The molecule has 1 aromatic heterocycles. The minimum Gasteiger partial charge on any atom is -0.337 e. The fourth-order valence-corrected chi connectivity index (χ4v) is 3.77. The Morgan fingerprint density at radius 1 is 1.36 bits per heavy atom.